The molecular formula is C18H19ClFNO2. The minimum Gasteiger partial charge on any atom is -0.507 e. The Morgan fingerprint density at radius 1 is 1.26 bits per heavy atom. The Labute approximate surface area is 140 Å². The number of phenolic OH excluding ortho intramolecular Hbond substituents is 1. The topological polar surface area (TPSA) is 49.3 Å². The van der Waals surface area contributed by atoms with Crippen LogP contribution in [0.2, 0.25) is 5.02 Å². The van der Waals surface area contributed by atoms with Crippen LogP contribution < -0.4 is 5.32 Å². The lowest BCUT2D eigenvalue weighted by atomic mass is 9.99. The van der Waals surface area contributed by atoms with Crippen LogP contribution in [-0.2, 0) is 0 Å². The number of aromatic hydroxyl groups is 1. The van der Waals surface area contributed by atoms with Crippen molar-refractivity contribution in [2.24, 2.45) is 0 Å². The van der Waals surface area contributed by atoms with E-state index in [1.165, 1.54) is 18.2 Å². The summed E-state index contributed by atoms with van der Waals surface area (Å²) in [5.74, 6) is -1.11. The van der Waals surface area contributed by atoms with E-state index in [0.717, 1.165) is 6.42 Å². The zero-order chi connectivity index (χ0) is 17.2. The Bertz CT molecular complexity index is 744. The highest BCUT2D eigenvalue weighted by Crippen LogP contribution is 2.32. The molecule has 0 atom stereocenters. The fraction of sp³-hybridized carbons (Fsp3) is 0.278. The number of halogens is 2. The van der Waals surface area contributed by atoms with Gasteiger partial charge in [-0.15, -0.1) is 0 Å². The van der Waals surface area contributed by atoms with Crippen LogP contribution in [0.15, 0.2) is 36.4 Å². The van der Waals surface area contributed by atoms with E-state index in [2.05, 4.69) is 5.32 Å². The third kappa shape index (κ3) is 4.02. The second-order valence-corrected chi connectivity index (χ2v) is 6.48. The molecule has 0 aliphatic rings. The molecule has 0 bridgehead atoms. The highest BCUT2D eigenvalue weighted by Gasteiger charge is 2.21. The predicted molar refractivity (Wildman–Crippen MR) is 90.3 cm³/mol. The third-order valence-corrected chi connectivity index (χ3v) is 4.05. The SMILES string of the molecule is CCC(C)(C)NC(=O)c1ccc(-c2cc(Cl)ccc2O)cc1F. The molecule has 0 saturated heterocycles. The van der Waals surface area contributed by atoms with E-state index in [4.69, 9.17) is 11.6 Å². The first-order valence-electron chi connectivity index (χ1n) is 7.34. The Kier molecular flexibility index (Phi) is 4.95. The molecule has 2 rings (SSSR count). The van der Waals surface area contributed by atoms with Crippen molar-refractivity contribution in [3.8, 4) is 16.9 Å². The second-order valence-electron chi connectivity index (χ2n) is 6.05. The molecule has 0 saturated carbocycles. The van der Waals surface area contributed by atoms with Crippen LogP contribution in [0.25, 0.3) is 11.1 Å². The zero-order valence-corrected chi connectivity index (χ0v) is 14.0. The van der Waals surface area contributed by atoms with Gasteiger partial charge in [0.15, 0.2) is 0 Å². The molecule has 2 aromatic rings. The van der Waals surface area contributed by atoms with E-state index < -0.39 is 17.3 Å². The summed E-state index contributed by atoms with van der Waals surface area (Å²) in [6.45, 7) is 5.70. The molecule has 23 heavy (non-hydrogen) atoms. The minimum atomic E-state index is -0.647. The van der Waals surface area contributed by atoms with Crippen LogP contribution in [0.3, 0.4) is 0 Å². The lowest BCUT2D eigenvalue weighted by Gasteiger charge is -2.24. The van der Waals surface area contributed by atoms with Crippen LogP contribution in [0, 0.1) is 5.82 Å². The van der Waals surface area contributed by atoms with Gasteiger partial charge in [-0.1, -0.05) is 24.6 Å². The largest absolute Gasteiger partial charge is 0.507 e. The van der Waals surface area contributed by atoms with E-state index in [0.29, 0.717) is 16.1 Å². The maximum absolute atomic E-state index is 14.3. The lowest BCUT2D eigenvalue weighted by molar-refractivity contribution is 0.0907. The number of hydrogen-bond donors (Lipinski definition) is 2. The van der Waals surface area contributed by atoms with Gasteiger partial charge in [-0.2, -0.15) is 0 Å². The number of hydrogen-bond acceptors (Lipinski definition) is 2. The van der Waals surface area contributed by atoms with Crippen LogP contribution in [0.4, 0.5) is 4.39 Å². The van der Waals surface area contributed by atoms with E-state index in [1.807, 2.05) is 20.8 Å². The van der Waals surface area contributed by atoms with Crippen molar-refractivity contribution < 1.29 is 14.3 Å². The predicted octanol–water partition coefficient (Wildman–Crippen LogP) is 4.77. The molecule has 2 N–H and O–H groups in total. The van der Waals surface area contributed by atoms with Crippen molar-refractivity contribution in [2.45, 2.75) is 32.7 Å². The minimum absolute atomic E-state index is 0.00174. The first-order chi connectivity index (χ1) is 10.7. The number of benzene rings is 2. The van der Waals surface area contributed by atoms with Crippen LogP contribution >= 0.6 is 11.6 Å². The quantitative estimate of drug-likeness (QED) is 0.845. The summed E-state index contributed by atoms with van der Waals surface area (Å²) in [6.07, 6.45) is 0.731. The van der Waals surface area contributed by atoms with Crippen LogP contribution in [-0.4, -0.2) is 16.6 Å². The average molecular weight is 336 g/mol. The zero-order valence-electron chi connectivity index (χ0n) is 13.3. The lowest BCUT2D eigenvalue weighted by Crippen LogP contribution is -2.43. The van der Waals surface area contributed by atoms with E-state index in [9.17, 15) is 14.3 Å². The molecule has 0 aliphatic heterocycles. The summed E-state index contributed by atoms with van der Waals surface area (Å²) in [4.78, 5) is 12.2. The molecule has 0 radical (unpaired) electrons. The van der Waals surface area contributed by atoms with Crippen molar-refractivity contribution in [3.63, 3.8) is 0 Å². The number of carbonyl (C=O) groups is 1. The van der Waals surface area contributed by atoms with Gasteiger partial charge in [-0.05, 0) is 56.2 Å². The molecule has 0 unspecified atom stereocenters. The molecule has 2 aromatic carbocycles. The number of carbonyl (C=O) groups excluding carboxylic acids is 1. The van der Waals surface area contributed by atoms with Gasteiger partial charge in [0.25, 0.3) is 5.91 Å². The van der Waals surface area contributed by atoms with E-state index in [1.54, 1.807) is 18.2 Å². The molecule has 0 aliphatic carbocycles. The van der Waals surface area contributed by atoms with Gasteiger partial charge >= 0.3 is 0 Å². The van der Waals surface area contributed by atoms with Gasteiger partial charge in [0.2, 0.25) is 0 Å². The average Bonchev–Trinajstić information content (AvgIpc) is 2.49. The first kappa shape index (κ1) is 17.3. The van der Waals surface area contributed by atoms with Crippen molar-refractivity contribution in [2.75, 3.05) is 0 Å². The normalized spacial score (nSPS) is 11.3. The molecule has 3 nitrogen and oxygen atoms in total. The number of nitrogens with one attached hydrogen (secondary N) is 1. The van der Waals surface area contributed by atoms with Gasteiger partial charge in [0.1, 0.15) is 11.6 Å². The molecule has 0 aromatic heterocycles. The fourth-order valence-corrected chi connectivity index (χ4v) is 2.24. The highest BCUT2D eigenvalue weighted by molar-refractivity contribution is 6.31. The van der Waals surface area contributed by atoms with Crippen molar-refractivity contribution in [3.05, 3.63) is 52.8 Å². The molecular weight excluding hydrogens is 317 g/mol. The fourth-order valence-electron chi connectivity index (χ4n) is 2.07. The summed E-state index contributed by atoms with van der Waals surface area (Å²) >= 11 is 5.91. The summed E-state index contributed by atoms with van der Waals surface area (Å²) in [7, 11) is 0. The van der Waals surface area contributed by atoms with E-state index in [-0.39, 0.29) is 11.3 Å². The monoisotopic (exact) mass is 335 g/mol. The molecule has 0 fully saturated rings. The standard InChI is InChI=1S/C18H19ClFNO2/c1-4-18(2,3)21-17(23)13-7-5-11(9-15(13)20)14-10-12(19)6-8-16(14)22/h5-10,22H,4H2,1-3H3,(H,21,23). The Balaban J connectivity index is 2.35. The smallest absolute Gasteiger partial charge is 0.254 e. The number of phenols is 1. The highest BCUT2D eigenvalue weighted by atomic mass is 35.5. The van der Waals surface area contributed by atoms with Crippen molar-refractivity contribution in [1.82, 2.24) is 5.32 Å². The van der Waals surface area contributed by atoms with Gasteiger partial charge in [-0.3, -0.25) is 4.79 Å². The van der Waals surface area contributed by atoms with Crippen molar-refractivity contribution in [1.29, 1.82) is 0 Å². The number of rotatable bonds is 4. The molecule has 1 amide bonds. The molecule has 0 spiro atoms. The second kappa shape index (κ2) is 6.59. The van der Waals surface area contributed by atoms with Gasteiger partial charge in [-0.25, -0.2) is 4.39 Å². The first-order valence-corrected chi connectivity index (χ1v) is 7.72. The summed E-state index contributed by atoms with van der Waals surface area (Å²) < 4.78 is 14.3. The molecule has 0 heterocycles. The van der Waals surface area contributed by atoms with Gasteiger partial charge in [0.05, 0.1) is 5.56 Å². The maximum atomic E-state index is 14.3. The third-order valence-electron chi connectivity index (χ3n) is 3.82. The van der Waals surface area contributed by atoms with Crippen molar-refractivity contribution >= 4 is 17.5 Å². The number of amides is 1. The Morgan fingerprint density at radius 3 is 2.57 bits per heavy atom. The van der Waals surface area contributed by atoms with Gasteiger partial charge in [0, 0.05) is 16.1 Å². The summed E-state index contributed by atoms with van der Waals surface area (Å²) in [5, 5.41) is 13.1. The van der Waals surface area contributed by atoms with Crippen LogP contribution in [0.5, 0.6) is 5.75 Å². The van der Waals surface area contributed by atoms with Crippen LogP contribution in [0.1, 0.15) is 37.6 Å². The van der Waals surface area contributed by atoms with E-state index >= 15 is 0 Å². The molecule has 5 heteroatoms. The van der Waals surface area contributed by atoms with Gasteiger partial charge < -0.3 is 10.4 Å². The summed E-state index contributed by atoms with van der Waals surface area (Å²) in [6, 6.07) is 8.75. The maximum Gasteiger partial charge on any atom is 0.254 e. The molecule has 122 valence electrons. The Hall–Kier alpha value is -2.07. The Morgan fingerprint density at radius 2 is 1.96 bits per heavy atom. The summed E-state index contributed by atoms with van der Waals surface area (Å²) in [5.41, 5.74) is 0.427.